The van der Waals surface area contributed by atoms with E-state index in [4.69, 9.17) is 0 Å². The maximum absolute atomic E-state index is 11.2. The highest BCUT2D eigenvalue weighted by Crippen LogP contribution is 2.14. The van der Waals surface area contributed by atoms with Gasteiger partial charge in [-0.25, -0.2) is 0 Å². The van der Waals surface area contributed by atoms with Gasteiger partial charge in [0.25, 0.3) is 0 Å². The molecule has 0 N–H and O–H groups in total. The molecule has 0 spiro atoms. The maximum atomic E-state index is 11.2. The zero-order valence-electron chi connectivity index (χ0n) is 9.78. The zero-order chi connectivity index (χ0) is 12.8. The zero-order valence-corrected chi connectivity index (χ0v) is 10.6. The molecule has 0 aliphatic carbocycles. The van der Waals surface area contributed by atoms with Crippen LogP contribution in [0.1, 0.15) is 11.1 Å². The molecule has 2 aromatic carbocycles. The first kappa shape index (κ1) is 12.7. The highest BCUT2D eigenvalue weighted by Gasteiger charge is 2.00. The van der Waals surface area contributed by atoms with Crippen LogP contribution in [0.4, 0.5) is 0 Å². The van der Waals surface area contributed by atoms with Crippen LogP contribution >= 0.6 is 0 Å². The van der Waals surface area contributed by atoms with Gasteiger partial charge in [-0.05, 0) is 28.3 Å². The molecule has 0 saturated carbocycles. The normalized spacial score (nSPS) is 13.3. The third-order valence-corrected chi connectivity index (χ3v) is 3.25. The molecule has 1 unspecified atom stereocenters. The second-order valence-corrected chi connectivity index (χ2v) is 4.91. The molecule has 2 aromatic rings. The predicted molar refractivity (Wildman–Crippen MR) is 73.5 cm³/mol. The summed E-state index contributed by atoms with van der Waals surface area (Å²) in [5.41, 5.74) is 1.89. The van der Waals surface area contributed by atoms with Gasteiger partial charge in [-0.1, -0.05) is 60.7 Å². The van der Waals surface area contributed by atoms with Gasteiger partial charge in [0.15, 0.2) is 0 Å². The molecular weight excluding hydrogens is 244 g/mol. The molecule has 0 radical (unpaired) electrons. The fraction of sp³-hybridized carbons (Fsp3) is 0.0667. The van der Waals surface area contributed by atoms with Crippen molar-refractivity contribution in [2.75, 3.05) is 0 Å². The maximum Gasteiger partial charge on any atom is 0.00737 e. The summed E-state index contributed by atoms with van der Waals surface area (Å²) < 4.78 is 22.5. The fourth-order valence-corrected chi connectivity index (χ4v) is 2.21. The minimum atomic E-state index is -2.19. The van der Waals surface area contributed by atoms with Crippen molar-refractivity contribution < 1.29 is 8.76 Å². The Labute approximate surface area is 109 Å². The van der Waals surface area contributed by atoms with Crippen molar-refractivity contribution >= 4 is 17.2 Å². The van der Waals surface area contributed by atoms with E-state index < -0.39 is 11.1 Å². The van der Waals surface area contributed by atoms with Crippen molar-refractivity contribution in [1.29, 1.82) is 0 Å². The molecule has 0 heterocycles. The highest BCUT2D eigenvalue weighted by molar-refractivity contribution is 7.83. The van der Waals surface area contributed by atoms with Crippen molar-refractivity contribution in [3.63, 3.8) is 0 Å². The summed E-state index contributed by atoms with van der Waals surface area (Å²) in [5, 5.41) is 0. The minimum Gasteiger partial charge on any atom is -0.769 e. The van der Waals surface area contributed by atoms with Crippen LogP contribution in [-0.2, 0) is 17.5 Å². The average Bonchev–Trinajstić information content (AvgIpc) is 2.40. The quantitative estimate of drug-likeness (QED) is 0.789. The van der Waals surface area contributed by atoms with Gasteiger partial charge in [-0.2, -0.15) is 0 Å². The molecule has 0 amide bonds. The Balaban J connectivity index is 2.25. The Hall–Kier alpha value is -1.71. The van der Waals surface area contributed by atoms with E-state index in [1.807, 2.05) is 60.7 Å². The SMILES string of the molecule is O=S([O-])C(=Cc1ccccc1)Cc1ccccc1. The molecule has 2 rings (SSSR count). The highest BCUT2D eigenvalue weighted by atomic mass is 32.2. The second kappa shape index (κ2) is 6.28. The van der Waals surface area contributed by atoms with Crippen LogP contribution in [0, 0.1) is 0 Å². The topological polar surface area (TPSA) is 40.1 Å². The van der Waals surface area contributed by atoms with Gasteiger partial charge in [0, 0.05) is 11.3 Å². The van der Waals surface area contributed by atoms with Crippen LogP contribution in [0.2, 0.25) is 0 Å². The summed E-state index contributed by atoms with van der Waals surface area (Å²) >= 11 is -2.19. The van der Waals surface area contributed by atoms with Crippen LogP contribution in [0.15, 0.2) is 65.6 Å². The molecule has 0 aromatic heterocycles. The van der Waals surface area contributed by atoms with E-state index in [0.29, 0.717) is 11.3 Å². The first-order chi connectivity index (χ1) is 8.75. The third-order valence-electron chi connectivity index (χ3n) is 2.56. The van der Waals surface area contributed by atoms with Crippen LogP contribution in [0.5, 0.6) is 0 Å². The van der Waals surface area contributed by atoms with E-state index in [1.165, 1.54) is 0 Å². The van der Waals surface area contributed by atoms with Crippen LogP contribution in [0.3, 0.4) is 0 Å². The van der Waals surface area contributed by atoms with E-state index in [0.717, 1.165) is 11.1 Å². The van der Waals surface area contributed by atoms with Crippen LogP contribution < -0.4 is 0 Å². The van der Waals surface area contributed by atoms with Gasteiger partial charge in [0.1, 0.15) is 0 Å². The van der Waals surface area contributed by atoms with Crippen molar-refractivity contribution in [3.05, 3.63) is 76.7 Å². The van der Waals surface area contributed by atoms with Crippen LogP contribution in [-0.4, -0.2) is 8.76 Å². The Bertz CT molecular complexity index is 547. The Kier molecular flexibility index (Phi) is 4.45. The molecule has 18 heavy (non-hydrogen) atoms. The Morgan fingerprint density at radius 2 is 1.56 bits per heavy atom. The van der Waals surface area contributed by atoms with Gasteiger partial charge < -0.3 is 4.55 Å². The third kappa shape index (κ3) is 3.65. The molecule has 0 saturated heterocycles. The molecule has 1 atom stereocenters. The van der Waals surface area contributed by atoms with E-state index in [2.05, 4.69) is 0 Å². The van der Waals surface area contributed by atoms with Gasteiger partial charge in [0.2, 0.25) is 0 Å². The van der Waals surface area contributed by atoms with Crippen molar-refractivity contribution in [1.82, 2.24) is 0 Å². The standard InChI is InChI=1S/C15H14O2S/c16-18(17)15(11-13-7-3-1-4-8-13)12-14-9-5-2-6-10-14/h1-11H,12H2,(H,16,17)/p-1. The number of allylic oxidation sites excluding steroid dienone is 1. The van der Waals surface area contributed by atoms with E-state index >= 15 is 0 Å². The first-order valence-electron chi connectivity index (χ1n) is 5.64. The van der Waals surface area contributed by atoms with Crippen molar-refractivity contribution in [2.45, 2.75) is 6.42 Å². The lowest BCUT2D eigenvalue weighted by atomic mass is 10.1. The van der Waals surface area contributed by atoms with Crippen molar-refractivity contribution in [3.8, 4) is 0 Å². The van der Waals surface area contributed by atoms with Gasteiger partial charge >= 0.3 is 0 Å². The summed E-state index contributed by atoms with van der Waals surface area (Å²) in [7, 11) is 0. The number of rotatable bonds is 4. The second-order valence-electron chi connectivity index (χ2n) is 3.92. The summed E-state index contributed by atoms with van der Waals surface area (Å²) in [6.07, 6.45) is 2.13. The molecule has 3 heteroatoms. The summed E-state index contributed by atoms with van der Waals surface area (Å²) in [4.78, 5) is 0.396. The monoisotopic (exact) mass is 257 g/mol. The molecule has 2 nitrogen and oxygen atoms in total. The van der Waals surface area contributed by atoms with Gasteiger partial charge in [-0.3, -0.25) is 4.21 Å². The average molecular weight is 257 g/mol. The lowest BCUT2D eigenvalue weighted by Crippen LogP contribution is -1.98. The van der Waals surface area contributed by atoms with E-state index in [-0.39, 0.29) is 0 Å². The van der Waals surface area contributed by atoms with Crippen LogP contribution in [0.25, 0.3) is 6.08 Å². The molecule has 92 valence electrons. The van der Waals surface area contributed by atoms with E-state index in [1.54, 1.807) is 6.08 Å². The lowest BCUT2D eigenvalue weighted by molar-refractivity contribution is 0.543. The summed E-state index contributed by atoms with van der Waals surface area (Å²) in [6.45, 7) is 0. The largest absolute Gasteiger partial charge is 0.769 e. The molecular formula is C15H13O2S-. The smallest absolute Gasteiger partial charge is 0.00737 e. The number of hydrogen-bond donors (Lipinski definition) is 0. The van der Waals surface area contributed by atoms with E-state index in [9.17, 15) is 8.76 Å². The molecule has 0 aliphatic heterocycles. The Morgan fingerprint density at radius 3 is 2.11 bits per heavy atom. The first-order valence-corrected chi connectivity index (χ1v) is 6.72. The summed E-state index contributed by atoms with van der Waals surface area (Å²) in [5.74, 6) is 0. The molecule has 0 fully saturated rings. The minimum absolute atomic E-state index is 0.396. The van der Waals surface area contributed by atoms with Gasteiger partial charge in [0.05, 0.1) is 0 Å². The number of hydrogen-bond acceptors (Lipinski definition) is 2. The Morgan fingerprint density at radius 1 is 1.00 bits per heavy atom. The molecule has 0 aliphatic rings. The molecule has 0 bridgehead atoms. The number of benzene rings is 2. The predicted octanol–water partition coefficient (Wildman–Crippen LogP) is 3.15. The fourth-order valence-electron chi connectivity index (χ4n) is 1.69. The van der Waals surface area contributed by atoms with Crippen molar-refractivity contribution in [2.24, 2.45) is 0 Å². The lowest BCUT2D eigenvalue weighted by Gasteiger charge is -2.11. The van der Waals surface area contributed by atoms with Gasteiger partial charge in [-0.15, -0.1) is 0 Å². The summed E-state index contributed by atoms with van der Waals surface area (Å²) in [6, 6.07) is 19.0.